The van der Waals surface area contributed by atoms with Gasteiger partial charge in [0.1, 0.15) is 5.75 Å². The molecule has 0 saturated carbocycles. The van der Waals surface area contributed by atoms with Crippen LogP contribution in [0.15, 0.2) is 48.5 Å². The zero-order chi connectivity index (χ0) is 22.2. The summed E-state index contributed by atoms with van der Waals surface area (Å²) in [5.74, 6) is -0.587. The molecule has 0 aliphatic carbocycles. The number of ether oxygens (including phenoxy) is 1. The van der Waals surface area contributed by atoms with Crippen LogP contribution in [0, 0.1) is 0 Å². The number of likely N-dealkylation sites (tertiary alicyclic amines) is 1. The van der Waals surface area contributed by atoms with Crippen molar-refractivity contribution in [1.82, 2.24) is 15.5 Å². The third kappa shape index (κ3) is 5.98. The van der Waals surface area contributed by atoms with Crippen LogP contribution in [-0.4, -0.2) is 57.6 Å². The van der Waals surface area contributed by atoms with Gasteiger partial charge in [0.2, 0.25) is 0 Å². The average Bonchev–Trinajstić information content (AvgIpc) is 3.32. The van der Waals surface area contributed by atoms with Crippen molar-refractivity contribution in [3.8, 4) is 5.75 Å². The molecule has 7 nitrogen and oxygen atoms in total. The van der Waals surface area contributed by atoms with E-state index in [0.29, 0.717) is 12.3 Å². The second-order valence-electron chi connectivity index (χ2n) is 7.95. The standard InChI is InChI=1S/C24H32N4O3/c1-27(2)20-12-10-18(11-13-20)21(28-14-6-7-15-28)17-26-24(30)23(29)25-16-19-8-4-5-9-22(19)31-3/h4-5,8-13,21H,6-7,14-17H2,1-3H3,(H,25,29)(H,26,30)/t21-/m1/s1. The number of anilines is 1. The maximum Gasteiger partial charge on any atom is 0.309 e. The summed E-state index contributed by atoms with van der Waals surface area (Å²) >= 11 is 0. The van der Waals surface area contributed by atoms with Crippen LogP contribution in [0.3, 0.4) is 0 Å². The maximum atomic E-state index is 12.4. The predicted octanol–water partition coefficient (Wildman–Crippen LogP) is 2.33. The van der Waals surface area contributed by atoms with Gasteiger partial charge in [0.05, 0.1) is 13.2 Å². The van der Waals surface area contributed by atoms with Crippen molar-refractivity contribution in [1.29, 1.82) is 0 Å². The molecule has 7 heteroatoms. The summed E-state index contributed by atoms with van der Waals surface area (Å²) in [6.07, 6.45) is 2.30. The number of amides is 2. The first kappa shape index (κ1) is 22.6. The molecule has 1 aliphatic heterocycles. The van der Waals surface area contributed by atoms with Crippen LogP contribution >= 0.6 is 0 Å². The minimum atomic E-state index is -0.644. The van der Waals surface area contributed by atoms with E-state index >= 15 is 0 Å². The van der Waals surface area contributed by atoms with Crippen molar-refractivity contribution in [2.75, 3.05) is 45.7 Å². The molecule has 31 heavy (non-hydrogen) atoms. The topological polar surface area (TPSA) is 73.9 Å². The fourth-order valence-corrected chi connectivity index (χ4v) is 3.88. The van der Waals surface area contributed by atoms with Gasteiger partial charge in [-0.2, -0.15) is 0 Å². The molecule has 0 aromatic heterocycles. The van der Waals surface area contributed by atoms with Gasteiger partial charge in [0.25, 0.3) is 0 Å². The molecule has 166 valence electrons. The summed E-state index contributed by atoms with van der Waals surface area (Å²) in [6, 6.07) is 15.8. The van der Waals surface area contributed by atoms with Crippen molar-refractivity contribution in [3.05, 3.63) is 59.7 Å². The Morgan fingerprint density at radius 2 is 1.65 bits per heavy atom. The van der Waals surface area contributed by atoms with Crippen LogP contribution in [0.4, 0.5) is 5.69 Å². The predicted molar refractivity (Wildman–Crippen MR) is 122 cm³/mol. The zero-order valence-corrected chi connectivity index (χ0v) is 18.6. The summed E-state index contributed by atoms with van der Waals surface area (Å²) in [7, 11) is 5.60. The number of carbonyl (C=O) groups is 2. The lowest BCUT2D eigenvalue weighted by molar-refractivity contribution is -0.139. The molecule has 2 amide bonds. The third-order valence-corrected chi connectivity index (χ3v) is 5.67. The van der Waals surface area contributed by atoms with E-state index in [4.69, 9.17) is 4.74 Å². The van der Waals surface area contributed by atoms with Crippen LogP contribution in [0.2, 0.25) is 0 Å². The highest BCUT2D eigenvalue weighted by atomic mass is 16.5. The van der Waals surface area contributed by atoms with Gasteiger partial charge in [0, 0.05) is 38.4 Å². The van der Waals surface area contributed by atoms with E-state index in [-0.39, 0.29) is 12.6 Å². The number of nitrogens with zero attached hydrogens (tertiary/aromatic N) is 2. The molecule has 0 bridgehead atoms. The van der Waals surface area contributed by atoms with E-state index in [9.17, 15) is 9.59 Å². The van der Waals surface area contributed by atoms with Crippen molar-refractivity contribution in [2.24, 2.45) is 0 Å². The van der Waals surface area contributed by atoms with Gasteiger partial charge in [-0.25, -0.2) is 0 Å². The molecule has 1 atom stereocenters. The molecule has 0 spiro atoms. The van der Waals surface area contributed by atoms with Crippen molar-refractivity contribution >= 4 is 17.5 Å². The zero-order valence-electron chi connectivity index (χ0n) is 18.6. The molecule has 2 aromatic rings. The monoisotopic (exact) mass is 424 g/mol. The van der Waals surface area contributed by atoms with E-state index in [0.717, 1.165) is 42.7 Å². The highest BCUT2D eigenvalue weighted by Gasteiger charge is 2.25. The van der Waals surface area contributed by atoms with E-state index in [1.54, 1.807) is 7.11 Å². The second kappa shape index (κ2) is 10.8. The number of hydrogen-bond acceptors (Lipinski definition) is 5. The minimum absolute atomic E-state index is 0.0460. The molecule has 1 aliphatic rings. The van der Waals surface area contributed by atoms with Crippen molar-refractivity contribution < 1.29 is 14.3 Å². The first-order valence-corrected chi connectivity index (χ1v) is 10.7. The molecule has 1 saturated heterocycles. The highest BCUT2D eigenvalue weighted by molar-refractivity contribution is 6.35. The molecule has 2 aromatic carbocycles. The minimum Gasteiger partial charge on any atom is -0.496 e. The van der Waals surface area contributed by atoms with Crippen molar-refractivity contribution in [2.45, 2.75) is 25.4 Å². The lowest BCUT2D eigenvalue weighted by Crippen LogP contribution is -2.43. The Labute approximate surface area is 184 Å². The SMILES string of the molecule is COc1ccccc1CNC(=O)C(=O)NC[C@H](c1ccc(N(C)C)cc1)N1CCCC1. The molecular formula is C24H32N4O3. The molecule has 1 heterocycles. The van der Waals surface area contributed by atoms with Crippen molar-refractivity contribution in [3.63, 3.8) is 0 Å². The van der Waals surface area contributed by atoms with Gasteiger partial charge < -0.3 is 20.3 Å². The first-order chi connectivity index (χ1) is 15.0. The Morgan fingerprint density at radius 3 is 2.29 bits per heavy atom. The molecule has 3 rings (SSSR count). The lowest BCUT2D eigenvalue weighted by atomic mass is 10.0. The Balaban J connectivity index is 1.59. The smallest absolute Gasteiger partial charge is 0.309 e. The molecule has 0 unspecified atom stereocenters. The highest BCUT2D eigenvalue weighted by Crippen LogP contribution is 2.26. The fraction of sp³-hybridized carbons (Fsp3) is 0.417. The second-order valence-corrected chi connectivity index (χ2v) is 7.95. The number of rotatable bonds is 8. The van der Waals surface area contributed by atoms with Gasteiger partial charge >= 0.3 is 11.8 Å². The number of hydrogen-bond donors (Lipinski definition) is 2. The number of methoxy groups -OCH3 is 1. The summed E-state index contributed by atoms with van der Waals surface area (Å²) in [6.45, 7) is 2.62. The van der Waals surface area contributed by atoms with Crippen LogP contribution in [0.25, 0.3) is 0 Å². The van der Waals surface area contributed by atoms with Crippen LogP contribution < -0.4 is 20.3 Å². The van der Waals surface area contributed by atoms with E-state index in [1.165, 1.54) is 0 Å². The largest absolute Gasteiger partial charge is 0.496 e. The molecule has 0 radical (unpaired) electrons. The Bertz CT molecular complexity index is 877. The Kier molecular flexibility index (Phi) is 7.89. The molecule has 2 N–H and O–H groups in total. The van der Waals surface area contributed by atoms with Gasteiger partial charge in [-0.05, 0) is 49.7 Å². The summed E-state index contributed by atoms with van der Waals surface area (Å²) < 4.78 is 5.29. The molecule has 1 fully saturated rings. The normalized spacial score (nSPS) is 14.7. The molecular weight excluding hydrogens is 392 g/mol. The average molecular weight is 425 g/mol. The van der Waals surface area contributed by atoms with E-state index in [1.807, 2.05) is 38.4 Å². The van der Waals surface area contributed by atoms with Gasteiger partial charge in [-0.15, -0.1) is 0 Å². The van der Waals surface area contributed by atoms with Gasteiger partial charge in [-0.3, -0.25) is 14.5 Å². The number of nitrogens with one attached hydrogen (secondary N) is 2. The quantitative estimate of drug-likeness (QED) is 0.637. The lowest BCUT2D eigenvalue weighted by Gasteiger charge is -2.28. The maximum absolute atomic E-state index is 12.4. The number of benzene rings is 2. The number of para-hydroxylation sites is 1. The van der Waals surface area contributed by atoms with Gasteiger partial charge in [0.15, 0.2) is 0 Å². The summed E-state index contributed by atoms with van der Waals surface area (Å²) in [4.78, 5) is 29.2. The Hall–Kier alpha value is -3.06. The first-order valence-electron chi connectivity index (χ1n) is 10.7. The fourth-order valence-electron chi connectivity index (χ4n) is 3.88. The van der Waals surface area contributed by atoms with Crippen LogP contribution in [0.5, 0.6) is 5.75 Å². The van der Waals surface area contributed by atoms with Crippen LogP contribution in [-0.2, 0) is 16.1 Å². The van der Waals surface area contributed by atoms with Gasteiger partial charge in [-0.1, -0.05) is 30.3 Å². The number of carbonyl (C=O) groups excluding carboxylic acids is 2. The van der Waals surface area contributed by atoms with E-state index in [2.05, 4.69) is 44.7 Å². The third-order valence-electron chi connectivity index (χ3n) is 5.67. The summed E-state index contributed by atoms with van der Waals surface area (Å²) in [5.41, 5.74) is 3.09. The van der Waals surface area contributed by atoms with Crippen LogP contribution in [0.1, 0.15) is 30.0 Å². The van der Waals surface area contributed by atoms with E-state index < -0.39 is 11.8 Å². The summed E-state index contributed by atoms with van der Waals surface area (Å²) in [5, 5.41) is 5.50. The Morgan fingerprint density at radius 1 is 1.00 bits per heavy atom.